The number of ether oxygens (including phenoxy) is 3. The highest BCUT2D eigenvalue weighted by atomic mass is 32.2. The molecule has 2 aliphatic heterocycles. The van der Waals surface area contributed by atoms with Crippen LogP contribution in [0.15, 0.2) is 70.1 Å². The second-order valence-corrected chi connectivity index (χ2v) is 9.58. The lowest BCUT2D eigenvalue weighted by Crippen LogP contribution is -2.38. The molecule has 3 heterocycles. The summed E-state index contributed by atoms with van der Waals surface area (Å²) in [5, 5.41) is 5.52. The smallest absolute Gasteiger partial charge is 0.338 e. The lowest BCUT2D eigenvalue weighted by molar-refractivity contribution is -0.143. The molecule has 0 bridgehead atoms. The largest absolute Gasteiger partial charge is 0.493 e. The van der Waals surface area contributed by atoms with Crippen LogP contribution in [0.25, 0.3) is 0 Å². The topological polar surface area (TPSA) is 102 Å². The standard InChI is InChI=1S/C27H30N4O5S/c1-16(2)36-26(33)23-17(3)30-27-31(24(23)20-7-6-8-21(34-4)25(20)35-5)19(15-37-27)13-22(32)29-14-18-9-11-28-12-10-18/h6-12,15-16,24H,13-14H2,1-5H3,(H,29,32). The molecule has 4 rings (SSSR count). The zero-order valence-electron chi connectivity index (χ0n) is 21.5. The fraction of sp³-hybridized carbons (Fsp3) is 0.333. The number of thioether (sulfide) groups is 1. The first-order valence-corrected chi connectivity index (χ1v) is 12.7. The molecule has 2 aromatic rings. The number of rotatable bonds is 9. The van der Waals surface area contributed by atoms with Gasteiger partial charge in [0.25, 0.3) is 0 Å². The summed E-state index contributed by atoms with van der Waals surface area (Å²) in [6.07, 6.45) is 3.16. The Kier molecular flexibility index (Phi) is 8.17. The van der Waals surface area contributed by atoms with Gasteiger partial charge in [-0.15, -0.1) is 0 Å². The zero-order chi connectivity index (χ0) is 26.5. The predicted molar refractivity (Wildman–Crippen MR) is 142 cm³/mol. The Hall–Kier alpha value is -3.79. The molecule has 9 nitrogen and oxygen atoms in total. The van der Waals surface area contributed by atoms with Crippen LogP contribution in [0.5, 0.6) is 11.5 Å². The fourth-order valence-corrected chi connectivity index (χ4v) is 5.22. The number of nitrogens with zero attached hydrogens (tertiary/aromatic N) is 3. The first-order valence-electron chi connectivity index (χ1n) is 11.9. The van der Waals surface area contributed by atoms with Crippen molar-refractivity contribution in [1.82, 2.24) is 15.2 Å². The van der Waals surface area contributed by atoms with Gasteiger partial charge in [-0.3, -0.25) is 9.78 Å². The maximum atomic E-state index is 13.4. The van der Waals surface area contributed by atoms with E-state index in [1.807, 2.05) is 34.6 Å². The summed E-state index contributed by atoms with van der Waals surface area (Å²) in [5.41, 5.74) is 3.31. The van der Waals surface area contributed by atoms with Gasteiger partial charge in [-0.25, -0.2) is 9.79 Å². The molecule has 1 aromatic heterocycles. The Morgan fingerprint density at radius 3 is 2.57 bits per heavy atom. The van der Waals surface area contributed by atoms with Gasteiger partial charge in [0.05, 0.1) is 44.1 Å². The lowest BCUT2D eigenvalue weighted by Gasteiger charge is -2.37. The number of allylic oxidation sites excluding steroid dienone is 1. The minimum atomic E-state index is -0.627. The molecule has 1 aromatic carbocycles. The number of carbonyl (C=O) groups excluding carboxylic acids is 2. The number of methoxy groups -OCH3 is 2. The van der Waals surface area contributed by atoms with E-state index in [9.17, 15) is 9.59 Å². The molecule has 1 amide bonds. The van der Waals surface area contributed by atoms with E-state index in [-0.39, 0.29) is 18.4 Å². The number of fused-ring (bicyclic) bond motifs is 1. The van der Waals surface area contributed by atoms with Crippen LogP contribution in [0.1, 0.15) is 44.4 Å². The lowest BCUT2D eigenvalue weighted by atomic mass is 9.92. The number of nitrogens with one attached hydrogen (secondary N) is 1. The first-order chi connectivity index (χ1) is 17.8. The molecule has 2 aliphatic rings. The third-order valence-electron chi connectivity index (χ3n) is 5.87. The summed E-state index contributed by atoms with van der Waals surface area (Å²) >= 11 is 1.41. The van der Waals surface area contributed by atoms with E-state index in [4.69, 9.17) is 19.2 Å². The van der Waals surface area contributed by atoms with Crippen molar-refractivity contribution in [2.75, 3.05) is 14.2 Å². The van der Waals surface area contributed by atoms with Gasteiger partial charge >= 0.3 is 5.97 Å². The molecule has 1 N–H and O–H groups in total. The highest BCUT2D eigenvalue weighted by Gasteiger charge is 2.43. The molecule has 0 saturated carbocycles. The van der Waals surface area contributed by atoms with Crippen LogP contribution in [0.2, 0.25) is 0 Å². The van der Waals surface area contributed by atoms with E-state index < -0.39 is 12.0 Å². The van der Waals surface area contributed by atoms with E-state index in [0.717, 1.165) is 5.56 Å². The van der Waals surface area contributed by atoms with E-state index in [1.54, 1.807) is 53.5 Å². The summed E-state index contributed by atoms with van der Waals surface area (Å²) in [5.74, 6) is 0.408. The third kappa shape index (κ3) is 5.64. The number of para-hydroxylation sites is 1. The number of benzene rings is 1. The molecule has 1 atom stereocenters. The van der Waals surface area contributed by atoms with Crippen LogP contribution in [0, 0.1) is 0 Å². The second-order valence-electron chi connectivity index (χ2n) is 8.74. The Labute approximate surface area is 220 Å². The molecule has 0 fully saturated rings. The third-order valence-corrected chi connectivity index (χ3v) is 6.76. The molecule has 0 aliphatic carbocycles. The number of amides is 1. The Balaban J connectivity index is 1.70. The monoisotopic (exact) mass is 522 g/mol. The second kappa shape index (κ2) is 11.5. The van der Waals surface area contributed by atoms with Gasteiger partial charge in [0.2, 0.25) is 5.91 Å². The predicted octanol–water partition coefficient (Wildman–Crippen LogP) is 4.33. The van der Waals surface area contributed by atoms with Gasteiger partial charge in [-0.05, 0) is 49.9 Å². The fourth-order valence-electron chi connectivity index (χ4n) is 4.26. The van der Waals surface area contributed by atoms with E-state index in [0.29, 0.717) is 45.7 Å². The summed E-state index contributed by atoms with van der Waals surface area (Å²) in [6, 6.07) is 8.60. The number of esters is 1. The van der Waals surface area contributed by atoms with Gasteiger partial charge in [-0.1, -0.05) is 23.9 Å². The van der Waals surface area contributed by atoms with E-state index in [1.165, 1.54) is 11.8 Å². The number of aliphatic imine (C=N–C) groups is 1. The molecule has 1 unspecified atom stereocenters. The van der Waals surface area contributed by atoms with Gasteiger partial charge in [0, 0.05) is 30.2 Å². The van der Waals surface area contributed by atoms with Crippen molar-refractivity contribution in [2.24, 2.45) is 4.99 Å². The van der Waals surface area contributed by atoms with Crippen LogP contribution in [0.3, 0.4) is 0 Å². The Bertz CT molecular complexity index is 1270. The summed E-state index contributed by atoms with van der Waals surface area (Å²) < 4.78 is 16.9. The highest BCUT2D eigenvalue weighted by molar-refractivity contribution is 8.16. The van der Waals surface area contributed by atoms with Gasteiger partial charge in [0.1, 0.15) is 0 Å². The molecule has 194 valence electrons. The number of hydrogen-bond acceptors (Lipinski definition) is 9. The van der Waals surface area contributed by atoms with Crippen LogP contribution < -0.4 is 14.8 Å². The molecule has 0 radical (unpaired) electrons. The van der Waals surface area contributed by atoms with Crippen molar-refractivity contribution in [1.29, 1.82) is 0 Å². The summed E-state index contributed by atoms with van der Waals surface area (Å²) in [7, 11) is 3.12. The minimum absolute atomic E-state index is 0.103. The minimum Gasteiger partial charge on any atom is -0.493 e. The summed E-state index contributed by atoms with van der Waals surface area (Å²) in [6.45, 7) is 5.79. The van der Waals surface area contributed by atoms with Gasteiger partial charge in [0.15, 0.2) is 16.7 Å². The van der Waals surface area contributed by atoms with Crippen molar-refractivity contribution >= 4 is 28.8 Å². The van der Waals surface area contributed by atoms with E-state index in [2.05, 4.69) is 10.3 Å². The molecule has 0 saturated heterocycles. The average Bonchev–Trinajstić information content (AvgIpc) is 3.27. The molecular weight excluding hydrogens is 492 g/mol. The normalized spacial score (nSPS) is 16.7. The zero-order valence-corrected chi connectivity index (χ0v) is 22.3. The van der Waals surface area contributed by atoms with Gasteiger partial charge < -0.3 is 24.4 Å². The number of aromatic nitrogens is 1. The molecule has 10 heteroatoms. The van der Waals surface area contributed by atoms with Crippen LogP contribution in [0.4, 0.5) is 0 Å². The average molecular weight is 523 g/mol. The Morgan fingerprint density at radius 1 is 1.14 bits per heavy atom. The van der Waals surface area contributed by atoms with Crippen LogP contribution in [-0.2, 0) is 20.9 Å². The van der Waals surface area contributed by atoms with Crippen molar-refractivity contribution in [3.8, 4) is 11.5 Å². The maximum absolute atomic E-state index is 13.4. The Morgan fingerprint density at radius 2 is 1.89 bits per heavy atom. The number of carbonyl (C=O) groups is 2. The van der Waals surface area contributed by atoms with Crippen LogP contribution >= 0.6 is 11.8 Å². The number of hydrogen-bond donors (Lipinski definition) is 1. The number of pyridine rings is 1. The summed E-state index contributed by atoms with van der Waals surface area (Å²) in [4.78, 5) is 36.9. The van der Waals surface area contributed by atoms with Crippen molar-refractivity contribution in [2.45, 2.75) is 45.9 Å². The molecule has 0 spiro atoms. The van der Waals surface area contributed by atoms with E-state index >= 15 is 0 Å². The SMILES string of the molecule is COc1cccc(C2C(C(=O)OC(C)C)=C(C)N=C3SC=C(CC(=O)NCc4ccncc4)N32)c1OC. The van der Waals surface area contributed by atoms with Crippen LogP contribution in [-0.4, -0.2) is 47.3 Å². The van der Waals surface area contributed by atoms with Gasteiger partial charge in [-0.2, -0.15) is 0 Å². The quantitative estimate of drug-likeness (QED) is 0.486. The molecule has 37 heavy (non-hydrogen) atoms. The van der Waals surface area contributed by atoms with Crippen molar-refractivity contribution in [3.05, 3.63) is 76.2 Å². The number of amidine groups is 1. The molecular formula is C27H30N4O5S. The van der Waals surface area contributed by atoms with Crippen molar-refractivity contribution < 1.29 is 23.8 Å². The van der Waals surface area contributed by atoms with Crippen molar-refractivity contribution in [3.63, 3.8) is 0 Å². The highest BCUT2D eigenvalue weighted by Crippen LogP contribution is 2.48. The maximum Gasteiger partial charge on any atom is 0.338 e. The first kappa shape index (κ1) is 26.3.